The molecule has 0 heterocycles. The van der Waals surface area contributed by atoms with Crippen molar-refractivity contribution >= 4 is 5.97 Å². The maximum Gasteiger partial charge on any atom is 0.406 e. The Morgan fingerprint density at radius 1 is 1.40 bits per heavy atom. The van der Waals surface area contributed by atoms with Crippen LogP contribution in [0.3, 0.4) is 0 Å². The van der Waals surface area contributed by atoms with Gasteiger partial charge in [0.15, 0.2) is 0 Å². The SMILES string of the molecule is O=C(O)C(NC1(C(F)(F)F)CC1)C1CC1. The van der Waals surface area contributed by atoms with Gasteiger partial charge in [-0.1, -0.05) is 0 Å². The number of nitrogens with one attached hydrogen (secondary N) is 1. The van der Waals surface area contributed by atoms with Crippen LogP contribution >= 0.6 is 0 Å². The zero-order chi connectivity index (χ0) is 11.3. The fourth-order valence-corrected chi connectivity index (χ4v) is 1.74. The lowest BCUT2D eigenvalue weighted by atomic mass is 10.1. The third-order valence-electron chi connectivity index (χ3n) is 3.08. The predicted molar refractivity (Wildman–Crippen MR) is 45.3 cm³/mol. The molecular formula is C9H12F3NO2. The topological polar surface area (TPSA) is 49.3 Å². The molecule has 86 valence electrons. The van der Waals surface area contributed by atoms with Gasteiger partial charge in [0, 0.05) is 0 Å². The summed E-state index contributed by atoms with van der Waals surface area (Å²) in [6, 6.07) is -1.03. The van der Waals surface area contributed by atoms with Gasteiger partial charge in [0.05, 0.1) is 0 Å². The molecule has 1 atom stereocenters. The van der Waals surface area contributed by atoms with Crippen LogP contribution in [0, 0.1) is 5.92 Å². The van der Waals surface area contributed by atoms with Crippen LogP contribution in [-0.4, -0.2) is 28.8 Å². The van der Waals surface area contributed by atoms with E-state index in [1.807, 2.05) is 0 Å². The van der Waals surface area contributed by atoms with E-state index in [-0.39, 0.29) is 18.8 Å². The van der Waals surface area contributed by atoms with Crippen LogP contribution in [0.1, 0.15) is 25.7 Å². The molecule has 3 nitrogen and oxygen atoms in total. The van der Waals surface area contributed by atoms with Crippen molar-refractivity contribution in [3.8, 4) is 0 Å². The fraction of sp³-hybridized carbons (Fsp3) is 0.889. The average Bonchev–Trinajstić information content (AvgIpc) is 2.94. The molecule has 0 spiro atoms. The molecule has 15 heavy (non-hydrogen) atoms. The van der Waals surface area contributed by atoms with E-state index in [2.05, 4.69) is 5.32 Å². The summed E-state index contributed by atoms with van der Waals surface area (Å²) in [5.74, 6) is -1.30. The minimum absolute atomic E-state index is 0.00694. The summed E-state index contributed by atoms with van der Waals surface area (Å²) in [5.41, 5.74) is -1.92. The summed E-state index contributed by atoms with van der Waals surface area (Å²) in [6.07, 6.45) is -2.94. The first-order valence-electron chi connectivity index (χ1n) is 4.93. The highest BCUT2D eigenvalue weighted by Crippen LogP contribution is 2.50. The lowest BCUT2D eigenvalue weighted by Crippen LogP contribution is -2.53. The molecule has 6 heteroatoms. The molecule has 0 aliphatic heterocycles. The predicted octanol–water partition coefficient (Wildman–Crippen LogP) is 1.53. The molecule has 0 radical (unpaired) electrons. The Morgan fingerprint density at radius 2 is 1.93 bits per heavy atom. The highest BCUT2D eigenvalue weighted by atomic mass is 19.4. The van der Waals surface area contributed by atoms with Crippen LogP contribution in [-0.2, 0) is 4.79 Å². The normalized spacial score (nSPS) is 26.1. The third-order valence-corrected chi connectivity index (χ3v) is 3.08. The summed E-state index contributed by atoms with van der Waals surface area (Å²) in [5, 5.41) is 11.1. The zero-order valence-corrected chi connectivity index (χ0v) is 7.97. The number of carboxylic acid groups (broad SMARTS) is 1. The van der Waals surface area contributed by atoms with E-state index < -0.39 is 23.7 Å². The van der Waals surface area contributed by atoms with Gasteiger partial charge in [-0.05, 0) is 31.6 Å². The maximum atomic E-state index is 12.5. The monoisotopic (exact) mass is 223 g/mol. The van der Waals surface area contributed by atoms with Crippen LogP contribution in [0.15, 0.2) is 0 Å². The second kappa shape index (κ2) is 3.10. The van der Waals surface area contributed by atoms with Gasteiger partial charge in [-0.25, -0.2) is 0 Å². The van der Waals surface area contributed by atoms with E-state index in [0.29, 0.717) is 12.8 Å². The van der Waals surface area contributed by atoms with Crippen molar-refractivity contribution in [3.63, 3.8) is 0 Å². The van der Waals surface area contributed by atoms with Crippen molar-refractivity contribution in [2.45, 2.75) is 43.4 Å². The molecule has 2 aliphatic carbocycles. The van der Waals surface area contributed by atoms with Gasteiger partial charge < -0.3 is 5.11 Å². The van der Waals surface area contributed by atoms with Gasteiger partial charge in [0.25, 0.3) is 0 Å². The summed E-state index contributed by atoms with van der Waals surface area (Å²) in [6.45, 7) is 0. The molecule has 0 aromatic carbocycles. The molecule has 1 unspecified atom stereocenters. The molecule has 2 saturated carbocycles. The summed E-state index contributed by atoms with van der Waals surface area (Å²) >= 11 is 0. The van der Waals surface area contributed by atoms with Gasteiger partial charge in [-0.15, -0.1) is 0 Å². The quantitative estimate of drug-likeness (QED) is 0.760. The minimum atomic E-state index is -4.34. The van der Waals surface area contributed by atoms with Crippen LogP contribution in [0.25, 0.3) is 0 Å². The van der Waals surface area contributed by atoms with Crippen molar-refractivity contribution in [3.05, 3.63) is 0 Å². The molecule has 0 aromatic heterocycles. The smallest absolute Gasteiger partial charge is 0.406 e. The molecule has 0 saturated heterocycles. The average molecular weight is 223 g/mol. The van der Waals surface area contributed by atoms with Crippen LogP contribution in [0.5, 0.6) is 0 Å². The fourth-order valence-electron chi connectivity index (χ4n) is 1.74. The van der Waals surface area contributed by atoms with Gasteiger partial charge in [0.1, 0.15) is 11.6 Å². The number of carboxylic acids is 1. The van der Waals surface area contributed by atoms with Crippen molar-refractivity contribution in [1.29, 1.82) is 0 Å². The first-order valence-corrected chi connectivity index (χ1v) is 4.93. The van der Waals surface area contributed by atoms with Gasteiger partial charge in [-0.2, -0.15) is 13.2 Å². The zero-order valence-electron chi connectivity index (χ0n) is 7.97. The first kappa shape index (κ1) is 10.7. The van der Waals surface area contributed by atoms with E-state index >= 15 is 0 Å². The van der Waals surface area contributed by atoms with Crippen molar-refractivity contribution < 1.29 is 23.1 Å². The van der Waals surface area contributed by atoms with Gasteiger partial charge in [0.2, 0.25) is 0 Å². The number of aliphatic carboxylic acids is 1. The third kappa shape index (κ3) is 1.95. The van der Waals surface area contributed by atoms with E-state index in [1.165, 1.54) is 0 Å². The highest BCUT2D eigenvalue weighted by molar-refractivity contribution is 5.74. The van der Waals surface area contributed by atoms with E-state index in [1.54, 1.807) is 0 Å². The Morgan fingerprint density at radius 3 is 2.20 bits per heavy atom. The van der Waals surface area contributed by atoms with Crippen molar-refractivity contribution in [2.75, 3.05) is 0 Å². The molecule has 2 aliphatic rings. The number of hydrogen-bond acceptors (Lipinski definition) is 2. The summed E-state index contributed by atoms with van der Waals surface area (Å²) in [7, 11) is 0. The Balaban J connectivity index is 2.03. The Kier molecular flexibility index (Phi) is 2.22. The lowest BCUT2D eigenvalue weighted by Gasteiger charge is -2.24. The Hall–Kier alpha value is -0.780. The van der Waals surface area contributed by atoms with Gasteiger partial charge >= 0.3 is 12.1 Å². The minimum Gasteiger partial charge on any atom is -0.480 e. The second-order valence-electron chi connectivity index (χ2n) is 4.38. The van der Waals surface area contributed by atoms with Crippen LogP contribution in [0.4, 0.5) is 13.2 Å². The van der Waals surface area contributed by atoms with Crippen molar-refractivity contribution in [1.82, 2.24) is 5.32 Å². The molecular weight excluding hydrogens is 211 g/mol. The first-order chi connectivity index (χ1) is 6.86. The number of rotatable bonds is 4. The molecule has 0 bridgehead atoms. The van der Waals surface area contributed by atoms with E-state index in [9.17, 15) is 18.0 Å². The van der Waals surface area contributed by atoms with E-state index in [4.69, 9.17) is 5.11 Å². The standard InChI is InChI=1S/C9H12F3NO2/c10-9(11,12)8(3-4-8)13-6(7(14)15)5-1-2-5/h5-6,13H,1-4H2,(H,14,15). The maximum absolute atomic E-state index is 12.5. The molecule has 0 amide bonds. The van der Waals surface area contributed by atoms with Crippen molar-refractivity contribution in [2.24, 2.45) is 5.92 Å². The van der Waals surface area contributed by atoms with Crippen LogP contribution < -0.4 is 5.32 Å². The number of halogens is 3. The molecule has 2 rings (SSSR count). The van der Waals surface area contributed by atoms with Gasteiger partial charge in [-0.3, -0.25) is 10.1 Å². The number of carbonyl (C=O) groups is 1. The lowest BCUT2D eigenvalue weighted by molar-refractivity contribution is -0.171. The van der Waals surface area contributed by atoms with E-state index in [0.717, 1.165) is 0 Å². The number of alkyl halides is 3. The second-order valence-corrected chi connectivity index (χ2v) is 4.38. The molecule has 2 N–H and O–H groups in total. The number of hydrogen-bond donors (Lipinski definition) is 2. The molecule has 0 aromatic rings. The molecule has 2 fully saturated rings. The largest absolute Gasteiger partial charge is 0.480 e. The highest BCUT2D eigenvalue weighted by Gasteiger charge is 2.65. The Bertz CT molecular complexity index is 282. The van der Waals surface area contributed by atoms with Crippen LogP contribution in [0.2, 0.25) is 0 Å². The Labute approximate surface area is 84.6 Å². The summed E-state index contributed by atoms with van der Waals surface area (Å²) < 4.78 is 37.6. The summed E-state index contributed by atoms with van der Waals surface area (Å²) in [4.78, 5) is 10.8.